The van der Waals surface area contributed by atoms with Crippen molar-refractivity contribution in [3.05, 3.63) is 22.8 Å². The molecule has 2 aromatic heterocycles. The molecule has 9 nitrogen and oxygen atoms in total. The molecule has 0 radical (unpaired) electrons. The molecular formula is C17H28N6O3S. The highest BCUT2D eigenvalue weighted by Gasteiger charge is 2.29. The highest BCUT2D eigenvalue weighted by Crippen LogP contribution is 2.24. The zero-order valence-electron chi connectivity index (χ0n) is 17.0. The number of aromatic nitrogens is 4. The fourth-order valence-corrected chi connectivity index (χ4v) is 5.00. The molecule has 10 heteroatoms. The van der Waals surface area contributed by atoms with E-state index in [0.717, 1.165) is 11.4 Å². The van der Waals surface area contributed by atoms with E-state index >= 15 is 0 Å². The molecule has 1 amide bonds. The van der Waals surface area contributed by atoms with E-state index in [-0.39, 0.29) is 17.3 Å². The van der Waals surface area contributed by atoms with Crippen LogP contribution in [0, 0.1) is 27.7 Å². The van der Waals surface area contributed by atoms with E-state index in [4.69, 9.17) is 0 Å². The van der Waals surface area contributed by atoms with Crippen molar-refractivity contribution in [2.24, 2.45) is 7.05 Å². The Kier molecular flexibility index (Phi) is 6.10. The van der Waals surface area contributed by atoms with Crippen LogP contribution in [0.3, 0.4) is 0 Å². The summed E-state index contributed by atoms with van der Waals surface area (Å²) >= 11 is 0. The second-order valence-corrected chi connectivity index (χ2v) is 8.34. The summed E-state index contributed by atoms with van der Waals surface area (Å²) in [5.41, 5.74) is 3.08. The standard InChI is InChI=1S/C17H28N6O3S/c1-8-22(9-2)27(25,26)17-12(4)20-23(14(17)6)10-15(24)18-16-11(3)19-21(7)13(16)5/h8-10H2,1-7H3,(H,18,24). The summed E-state index contributed by atoms with van der Waals surface area (Å²) in [5, 5.41) is 11.4. The van der Waals surface area contributed by atoms with Crippen LogP contribution in [0.25, 0.3) is 0 Å². The van der Waals surface area contributed by atoms with Crippen molar-refractivity contribution in [1.29, 1.82) is 0 Å². The predicted molar refractivity (Wildman–Crippen MR) is 103 cm³/mol. The average Bonchev–Trinajstić information content (AvgIpc) is 2.98. The van der Waals surface area contributed by atoms with Crippen LogP contribution in [0.5, 0.6) is 0 Å². The zero-order chi connectivity index (χ0) is 20.5. The van der Waals surface area contributed by atoms with Crippen LogP contribution >= 0.6 is 0 Å². The highest BCUT2D eigenvalue weighted by atomic mass is 32.2. The molecular weight excluding hydrogens is 368 g/mol. The number of rotatable bonds is 7. The first kappa shape index (κ1) is 21.1. The average molecular weight is 397 g/mol. The number of carbonyl (C=O) groups is 1. The van der Waals surface area contributed by atoms with Gasteiger partial charge in [-0.3, -0.25) is 14.2 Å². The number of aryl methyl sites for hydroxylation is 3. The van der Waals surface area contributed by atoms with Gasteiger partial charge in [0.05, 0.1) is 28.5 Å². The van der Waals surface area contributed by atoms with Crippen LogP contribution < -0.4 is 5.32 Å². The fraction of sp³-hybridized carbons (Fsp3) is 0.588. The lowest BCUT2D eigenvalue weighted by atomic mass is 10.3. The molecule has 0 spiro atoms. The first-order chi connectivity index (χ1) is 12.5. The van der Waals surface area contributed by atoms with E-state index in [9.17, 15) is 13.2 Å². The molecule has 27 heavy (non-hydrogen) atoms. The fourth-order valence-electron chi connectivity index (χ4n) is 3.17. The normalized spacial score (nSPS) is 12.0. The van der Waals surface area contributed by atoms with E-state index in [1.165, 1.54) is 8.99 Å². The van der Waals surface area contributed by atoms with E-state index in [1.807, 2.05) is 20.9 Å². The summed E-state index contributed by atoms with van der Waals surface area (Å²) in [4.78, 5) is 12.7. The van der Waals surface area contributed by atoms with Gasteiger partial charge in [0.1, 0.15) is 11.4 Å². The number of nitrogens with zero attached hydrogens (tertiary/aromatic N) is 5. The van der Waals surface area contributed by atoms with Gasteiger partial charge in [-0.1, -0.05) is 13.8 Å². The van der Waals surface area contributed by atoms with Crippen molar-refractivity contribution < 1.29 is 13.2 Å². The van der Waals surface area contributed by atoms with Gasteiger partial charge in [-0.2, -0.15) is 14.5 Å². The third-order valence-electron chi connectivity index (χ3n) is 4.69. The van der Waals surface area contributed by atoms with Gasteiger partial charge in [-0.25, -0.2) is 8.42 Å². The molecule has 0 aliphatic rings. The second kappa shape index (κ2) is 7.81. The maximum absolute atomic E-state index is 12.9. The van der Waals surface area contributed by atoms with Gasteiger partial charge in [-0.05, 0) is 27.7 Å². The summed E-state index contributed by atoms with van der Waals surface area (Å²) < 4.78 is 30.3. The maximum atomic E-state index is 12.9. The van der Waals surface area contributed by atoms with Crippen LogP contribution in [0.15, 0.2) is 4.90 Å². The molecule has 0 saturated carbocycles. The molecule has 0 fully saturated rings. The maximum Gasteiger partial charge on any atom is 0.246 e. The zero-order valence-corrected chi connectivity index (χ0v) is 17.8. The number of hydrogen-bond donors (Lipinski definition) is 1. The molecule has 0 aliphatic heterocycles. The third kappa shape index (κ3) is 3.91. The smallest absolute Gasteiger partial charge is 0.246 e. The number of carbonyl (C=O) groups excluding carboxylic acids is 1. The first-order valence-corrected chi connectivity index (χ1v) is 10.3. The van der Waals surface area contributed by atoms with Crippen molar-refractivity contribution in [1.82, 2.24) is 23.9 Å². The van der Waals surface area contributed by atoms with Gasteiger partial charge in [-0.15, -0.1) is 0 Å². The Morgan fingerprint density at radius 2 is 1.63 bits per heavy atom. The minimum Gasteiger partial charge on any atom is -0.321 e. The minimum absolute atomic E-state index is 0.0752. The first-order valence-electron chi connectivity index (χ1n) is 8.88. The van der Waals surface area contributed by atoms with E-state index < -0.39 is 10.0 Å². The Balaban J connectivity index is 2.30. The summed E-state index contributed by atoms with van der Waals surface area (Å²) in [6.45, 7) is 11.3. The lowest BCUT2D eigenvalue weighted by Crippen LogP contribution is -2.31. The van der Waals surface area contributed by atoms with Crippen LogP contribution in [0.1, 0.15) is 36.6 Å². The SMILES string of the molecule is CCN(CC)S(=O)(=O)c1c(C)nn(CC(=O)Nc2c(C)nn(C)c2C)c1C. The molecule has 0 unspecified atom stereocenters. The highest BCUT2D eigenvalue weighted by molar-refractivity contribution is 7.89. The molecule has 0 saturated heterocycles. The number of anilines is 1. The van der Waals surface area contributed by atoms with Gasteiger partial charge in [0.15, 0.2) is 0 Å². The topological polar surface area (TPSA) is 102 Å². The minimum atomic E-state index is -3.64. The second-order valence-electron chi connectivity index (χ2n) is 6.46. The molecule has 2 aromatic rings. The molecule has 0 aromatic carbocycles. The Morgan fingerprint density at radius 1 is 1.04 bits per heavy atom. The van der Waals surface area contributed by atoms with Gasteiger partial charge < -0.3 is 5.32 Å². The Hall–Kier alpha value is -2.20. The molecule has 0 aliphatic carbocycles. The quantitative estimate of drug-likeness (QED) is 0.764. The van der Waals surface area contributed by atoms with Crippen molar-refractivity contribution in [3.8, 4) is 0 Å². The van der Waals surface area contributed by atoms with Gasteiger partial charge in [0, 0.05) is 20.1 Å². The van der Waals surface area contributed by atoms with E-state index in [0.29, 0.717) is 30.2 Å². The van der Waals surface area contributed by atoms with E-state index in [2.05, 4.69) is 15.5 Å². The number of hydrogen-bond acceptors (Lipinski definition) is 5. The number of sulfonamides is 1. The number of amides is 1. The molecule has 150 valence electrons. The van der Waals surface area contributed by atoms with Crippen molar-refractivity contribution >= 4 is 21.6 Å². The van der Waals surface area contributed by atoms with Gasteiger partial charge >= 0.3 is 0 Å². The molecule has 2 heterocycles. The van der Waals surface area contributed by atoms with Crippen molar-refractivity contribution in [2.45, 2.75) is 53.0 Å². The Morgan fingerprint density at radius 3 is 2.11 bits per heavy atom. The van der Waals surface area contributed by atoms with Crippen molar-refractivity contribution in [3.63, 3.8) is 0 Å². The van der Waals surface area contributed by atoms with Crippen molar-refractivity contribution in [2.75, 3.05) is 18.4 Å². The third-order valence-corrected chi connectivity index (χ3v) is 6.99. The van der Waals surface area contributed by atoms with Gasteiger partial charge in [0.25, 0.3) is 0 Å². The summed E-state index contributed by atoms with van der Waals surface area (Å²) in [5.74, 6) is -0.286. The summed E-state index contributed by atoms with van der Waals surface area (Å²) in [7, 11) is -1.83. The van der Waals surface area contributed by atoms with E-state index in [1.54, 1.807) is 32.4 Å². The lowest BCUT2D eigenvalue weighted by molar-refractivity contribution is -0.117. The molecule has 2 rings (SSSR count). The Labute approximate surface area is 160 Å². The monoisotopic (exact) mass is 396 g/mol. The molecule has 1 N–H and O–H groups in total. The van der Waals surface area contributed by atoms with Crippen LogP contribution in [0.4, 0.5) is 5.69 Å². The summed E-state index contributed by atoms with van der Waals surface area (Å²) in [6, 6.07) is 0. The van der Waals surface area contributed by atoms with Gasteiger partial charge in [0.2, 0.25) is 15.9 Å². The molecule has 0 atom stereocenters. The van der Waals surface area contributed by atoms with Crippen LogP contribution in [0.2, 0.25) is 0 Å². The summed E-state index contributed by atoms with van der Waals surface area (Å²) in [6.07, 6.45) is 0. The van der Waals surface area contributed by atoms with Crippen LogP contribution in [-0.2, 0) is 28.4 Å². The number of nitrogens with one attached hydrogen (secondary N) is 1. The predicted octanol–water partition coefficient (Wildman–Crippen LogP) is 1.52. The van der Waals surface area contributed by atoms with Crippen LogP contribution in [-0.4, -0.2) is 51.3 Å². The largest absolute Gasteiger partial charge is 0.321 e. The lowest BCUT2D eigenvalue weighted by Gasteiger charge is -2.18. The molecule has 0 bridgehead atoms. The Bertz CT molecular complexity index is 954.